The van der Waals surface area contributed by atoms with Crippen molar-refractivity contribution in [2.45, 2.75) is 26.5 Å². The minimum Gasteiger partial charge on any atom is -0.479 e. The molecule has 0 heterocycles. The molecule has 0 bridgehead atoms. The molecule has 0 aromatic heterocycles. The molecule has 3 nitrogen and oxygen atoms in total. The van der Waals surface area contributed by atoms with E-state index in [-0.39, 0.29) is 5.91 Å². The molecular weight excluding hydrogens is 357 g/mol. The summed E-state index contributed by atoms with van der Waals surface area (Å²) in [4.78, 5) is 12.1. The van der Waals surface area contributed by atoms with Crippen molar-refractivity contribution in [3.63, 3.8) is 0 Å². The minimum atomic E-state index is -0.680. The average molecular weight is 373 g/mol. The summed E-state index contributed by atoms with van der Waals surface area (Å²) in [7, 11) is 0. The highest BCUT2D eigenvalue weighted by Crippen LogP contribution is 2.31. The molecule has 6 heteroatoms. The second-order valence-corrected chi connectivity index (χ2v) is 6.39. The Kier molecular flexibility index (Phi) is 6.17. The van der Waals surface area contributed by atoms with Gasteiger partial charge in [-0.1, -0.05) is 46.9 Å². The van der Waals surface area contributed by atoms with Crippen molar-refractivity contribution in [1.29, 1.82) is 0 Å². The highest BCUT2D eigenvalue weighted by molar-refractivity contribution is 6.36. The van der Waals surface area contributed by atoms with Gasteiger partial charge in [0.15, 0.2) is 6.10 Å². The van der Waals surface area contributed by atoms with Gasteiger partial charge in [-0.15, -0.1) is 0 Å². The number of halogens is 3. The first kappa shape index (κ1) is 17.9. The zero-order valence-corrected chi connectivity index (χ0v) is 15.0. The SMILES string of the molecule is Cc1cc(OC(C)C(=O)NCc2ccc(Cl)cc2)c(Cl)cc1Cl. The van der Waals surface area contributed by atoms with Crippen molar-refractivity contribution in [1.82, 2.24) is 5.32 Å². The lowest BCUT2D eigenvalue weighted by Crippen LogP contribution is -2.35. The molecule has 0 aliphatic rings. The Morgan fingerprint density at radius 3 is 2.43 bits per heavy atom. The summed E-state index contributed by atoms with van der Waals surface area (Å²) in [5.41, 5.74) is 1.79. The van der Waals surface area contributed by atoms with E-state index in [9.17, 15) is 4.79 Å². The topological polar surface area (TPSA) is 38.3 Å². The van der Waals surface area contributed by atoms with Crippen LogP contribution in [-0.4, -0.2) is 12.0 Å². The van der Waals surface area contributed by atoms with Crippen LogP contribution >= 0.6 is 34.8 Å². The third kappa shape index (κ3) is 5.03. The van der Waals surface area contributed by atoms with Crippen LogP contribution in [0.4, 0.5) is 0 Å². The van der Waals surface area contributed by atoms with Gasteiger partial charge in [0, 0.05) is 16.6 Å². The standard InChI is InChI=1S/C17H16Cl3NO2/c1-10-7-16(15(20)8-14(10)19)23-11(2)17(22)21-9-12-3-5-13(18)6-4-12/h3-8,11H,9H2,1-2H3,(H,21,22). The molecule has 1 amide bonds. The number of hydrogen-bond acceptors (Lipinski definition) is 2. The van der Waals surface area contributed by atoms with Crippen LogP contribution in [-0.2, 0) is 11.3 Å². The Labute approximate surface area is 150 Å². The summed E-state index contributed by atoms with van der Waals surface area (Å²) in [6.45, 7) is 3.91. The van der Waals surface area contributed by atoms with E-state index in [1.807, 2.05) is 19.1 Å². The largest absolute Gasteiger partial charge is 0.479 e. The predicted octanol–water partition coefficient (Wildman–Crippen LogP) is 5.04. The molecule has 0 saturated carbocycles. The van der Waals surface area contributed by atoms with Gasteiger partial charge >= 0.3 is 0 Å². The zero-order chi connectivity index (χ0) is 17.0. The van der Waals surface area contributed by atoms with Crippen molar-refractivity contribution >= 4 is 40.7 Å². The highest BCUT2D eigenvalue weighted by Gasteiger charge is 2.16. The monoisotopic (exact) mass is 371 g/mol. The second-order valence-electron chi connectivity index (χ2n) is 5.14. The van der Waals surface area contributed by atoms with E-state index in [4.69, 9.17) is 39.5 Å². The second kappa shape index (κ2) is 7.91. The Morgan fingerprint density at radius 2 is 1.78 bits per heavy atom. The Bertz CT molecular complexity index is 702. The van der Waals surface area contributed by atoms with E-state index in [1.165, 1.54) is 0 Å². The number of carbonyl (C=O) groups is 1. The quantitative estimate of drug-likeness (QED) is 0.798. The van der Waals surface area contributed by atoms with Crippen LogP contribution in [0.1, 0.15) is 18.1 Å². The van der Waals surface area contributed by atoms with E-state index < -0.39 is 6.10 Å². The third-order valence-corrected chi connectivity index (χ3v) is 4.22. The maximum atomic E-state index is 12.1. The summed E-state index contributed by atoms with van der Waals surface area (Å²) >= 11 is 17.9. The van der Waals surface area contributed by atoms with Gasteiger partial charge < -0.3 is 10.1 Å². The van der Waals surface area contributed by atoms with Gasteiger partial charge in [0.25, 0.3) is 5.91 Å². The highest BCUT2D eigenvalue weighted by atomic mass is 35.5. The maximum Gasteiger partial charge on any atom is 0.261 e. The van der Waals surface area contributed by atoms with Crippen molar-refractivity contribution in [3.8, 4) is 5.75 Å². The van der Waals surface area contributed by atoms with Crippen LogP contribution in [0.2, 0.25) is 15.1 Å². The van der Waals surface area contributed by atoms with Crippen LogP contribution in [0, 0.1) is 6.92 Å². The Hall–Kier alpha value is -1.42. The molecule has 2 aromatic carbocycles. The van der Waals surface area contributed by atoms with Crippen LogP contribution in [0.25, 0.3) is 0 Å². The number of benzene rings is 2. The molecule has 2 rings (SSSR count). The van der Waals surface area contributed by atoms with Crippen LogP contribution in [0.3, 0.4) is 0 Å². The van der Waals surface area contributed by atoms with E-state index in [0.29, 0.717) is 27.4 Å². The summed E-state index contributed by atoms with van der Waals surface area (Å²) < 4.78 is 5.63. The maximum absolute atomic E-state index is 12.1. The fourth-order valence-electron chi connectivity index (χ4n) is 1.90. The number of carbonyl (C=O) groups excluding carboxylic acids is 1. The zero-order valence-electron chi connectivity index (χ0n) is 12.7. The van der Waals surface area contributed by atoms with Crippen LogP contribution in [0.5, 0.6) is 5.75 Å². The molecule has 2 aromatic rings. The van der Waals surface area contributed by atoms with Crippen molar-refractivity contribution in [2.24, 2.45) is 0 Å². The molecule has 0 aliphatic carbocycles. The number of aryl methyl sites for hydroxylation is 1. The lowest BCUT2D eigenvalue weighted by Gasteiger charge is -2.16. The van der Waals surface area contributed by atoms with Gasteiger partial charge in [-0.3, -0.25) is 4.79 Å². The van der Waals surface area contributed by atoms with E-state index in [0.717, 1.165) is 11.1 Å². The molecule has 0 spiro atoms. The molecule has 1 unspecified atom stereocenters. The summed E-state index contributed by atoms with van der Waals surface area (Å²) in [6.07, 6.45) is -0.680. The van der Waals surface area contributed by atoms with Gasteiger partial charge in [0.2, 0.25) is 0 Å². The van der Waals surface area contributed by atoms with E-state index >= 15 is 0 Å². The molecule has 1 N–H and O–H groups in total. The fraction of sp³-hybridized carbons (Fsp3) is 0.235. The van der Waals surface area contributed by atoms with Gasteiger partial charge in [-0.05, 0) is 49.2 Å². The molecular formula is C17H16Cl3NO2. The van der Waals surface area contributed by atoms with E-state index in [1.54, 1.807) is 31.2 Å². The molecule has 0 saturated heterocycles. The number of rotatable bonds is 5. The third-order valence-electron chi connectivity index (χ3n) is 3.27. The van der Waals surface area contributed by atoms with Crippen molar-refractivity contribution in [2.75, 3.05) is 0 Å². The predicted molar refractivity (Wildman–Crippen MR) is 94.6 cm³/mol. The Balaban J connectivity index is 1.95. The smallest absolute Gasteiger partial charge is 0.261 e. The van der Waals surface area contributed by atoms with E-state index in [2.05, 4.69) is 5.32 Å². The molecule has 122 valence electrons. The molecule has 0 radical (unpaired) electrons. The first-order valence-electron chi connectivity index (χ1n) is 7.01. The summed E-state index contributed by atoms with van der Waals surface area (Å²) in [5.74, 6) is 0.200. The lowest BCUT2D eigenvalue weighted by molar-refractivity contribution is -0.127. The molecule has 0 fully saturated rings. The molecule has 1 atom stereocenters. The van der Waals surface area contributed by atoms with Crippen LogP contribution in [0.15, 0.2) is 36.4 Å². The number of hydrogen-bond donors (Lipinski definition) is 1. The van der Waals surface area contributed by atoms with Gasteiger partial charge in [0.1, 0.15) is 5.75 Å². The first-order valence-corrected chi connectivity index (χ1v) is 8.14. The van der Waals surface area contributed by atoms with Gasteiger partial charge in [-0.25, -0.2) is 0 Å². The van der Waals surface area contributed by atoms with Gasteiger partial charge in [0.05, 0.1) is 5.02 Å². The molecule has 23 heavy (non-hydrogen) atoms. The summed E-state index contributed by atoms with van der Waals surface area (Å²) in [5, 5.41) is 4.40. The number of nitrogens with one attached hydrogen (secondary N) is 1. The number of ether oxygens (including phenoxy) is 1. The lowest BCUT2D eigenvalue weighted by atomic mass is 10.2. The Morgan fingerprint density at radius 1 is 1.13 bits per heavy atom. The van der Waals surface area contributed by atoms with Crippen molar-refractivity contribution < 1.29 is 9.53 Å². The normalized spacial score (nSPS) is 11.9. The molecule has 0 aliphatic heterocycles. The van der Waals surface area contributed by atoms with Crippen LogP contribution < -0.4 is 10.1 Å². The average Bonchev–Trinajstić information content (AvgIpc) is 2.51. The minimum absolute atomic E-state index is 0.233. The van der Waals surface area contributed by atoms with Crippen molar-refractivity contribution in [3.05, 3.63) is 62.6 Å². The van der Waals surface area contributed by atoms with Gasteiger partial charge in [-0.2, -0.15) is 0 Å². The number of amides is 1. The first-order chi connectivity index (χ1) is 10.9. The summed E-state index contributed by atoms with van der Waals surface area (Å²) in [6, 6.07) is 10.6. The fourth-order valence-corrected chi connectivity index (χ4v) is 2.45.